The van der Waals surface area contributed by atoms with Crippen LogP contribution in [0.25, 0.3) is 0 Å². The minimum atomic E-state index is -0.698. The van der Waals surface area contributed by atoms with Crippen LogP contribution in [0.2, 0.25) is 0 Å². The van der Waals surface area contributed by atoms with Gasteiger partial charge in [0.1, 0.15) is 0 Å². The third-order valence-electron chi connectivity index (χ3n) is 4.87. The van der Waals surface area contributed by atoms with E-state index in [4.69, 9.17) is 5.11 Å². The summed E-state index contributed by atoms with van der Waals surface area (Å²) in [5.74, 6) is 0.148. The maximum Gasteiger partial charge on any atom is 0.254 e. The van der Waals surface area contributed by atoms with Gasteiger partial charge < -0.3 is 15.1 Å². The molecule has 1 aliphatic heterocycles. The zero-order chi connectivity index (χ0) is 15.7. The smallest absolute Gasteiger partial charge is 0.254 e. The maximum absolute atomic E-state index is 12.7. The van der Waals surface area contributed by atoms with Crippen molar-refractivity contribution in [3.63, 3.8) is 0 Å². The highest BCUT2D eigenvalue weighted by molar-refractivity contribution is 6.05. The van der Waals surface area contributed by atoms with Crippen LogP contribution in [0.1, 0.15) is 45.5 Å². The van der Waals surface area contributed by atoms with Gasteiger partial charge in [0.15, 0.2) is 5.78 Å². The second-order valence-corrected chi connectivity index (χ2v) is 6.13. The van der Waals surface area contributed by atoms with Gasteiger partial charge >= 0.3 is 0 Å². The SMILES string of the molecule is O=C1CCc2c1cccc2C(=O)N1CCC(C(O)CO)CC1. The summed E-state index contributed by atoms with van der Waals surface area (Å²) in [6.45, 7) is 0.934. The minimum absolute atomic E-state index is 0.0245. The summed E-state index contributed by atoms with van der Waals surface area (Å²) in [5, 5.41) is 18.7. The molecule has 1 aromatic carbocycles. The molecule has 1 fully saturated rings. The summed E-state index contributed by atoms with van der Waals surface area (Å²) in [5.41, 5.74) is 2.22. The Morgan fingerprint density at radius 1 is 1.27 bits per heavy atom. The molecule has 0 spiro atoms. The number of carbonyl (C=O) groups is 2. The Hall–Kier alpha value is -1.72. The lowest BCUT2D eigenvalue weighted by atomic mass is 9.91. The molecular formula is C17H21NO4. The first-order chi connectivity index (χ1) is 10.6. The fourth-order valence-electron chi connectivity index (χ4n) is 3.50. The van der Waals surface area contributed by atoms with Gasteiger partial charge in [-0.15, -0.1) is 0 Å². The molecule has 3 rings (SSSR count). The number of carbonyl (C=O) groups excluding carboxylic acids is 2. The Kier molecular flexibility index (Phi) is 4.27. The number of likely N-dealkylation sites (tertiary alicyclic amines) is 1. The topological polar surface area (TPSA) is 77.8 Å². The molecule has 1 heterocycles. The van der Waals surface area contributed by atoms with E-state index in [9.17, 15) is 14.7 Å². The van der Waals surface area contributed by atoms with Crippen molar-refractivity contribution in [1.82, 2.24) is 4.90 Å². The molecule has 118 valence electrons. The molecule has 1 aliphatic carbocycles. The summed E-state index contributed by atoms with van der Waals surface area (Å²) in [7, 11) is 0. The molecule has 0 aromatic heterocycles. The van der Waals surface area contributed by atoms with Crippen LogP contribution in [-0.2, 0) is 6.42 Å². The number of hydrogen-bond donors (Lipinski definition) is 2. The van der Waals surface area contributed by atoms with E-state index in [0.717, 1.165) is 5.56 Å². The first-order valence-electron chi connectivity index (χ1n) is 7.85. The first kappa shape index (κ1) is 15.2. The van der Waals surface area contributed by atoms with Crippen molar-refractivity contribution in [1.29, 1.82) is 0 Å². The van der Waals surface area contributed by atoms with Crippen LogP contribution < -0.4 is 0 Å². The van der Waals surface area contributed by atoms with Crippen molar-refractivity contribution < 1.29 is 19.8 Å². The Balaban J connectivity index is 1.73. The Bertz CT molecular complexity index is 590. The summed E-state index contributed by atoms with van der Waals surface area (Å²) in [6, 6.07) is 5.37. The summed E-state index contributed by atoms with van der Waals surface area (Å²) in [6.07, 6.45) is 1.83. The lowest BCUT2D eigenvalue weighted by Gasteiger charge is -2.34. The minimum Gasteiger partial charge on any atom is -0.394 e. The van der Waals surface area contributed by atoms with Gasteiger partial charge in [-0.25, -0.2) is 0 Å². The molecular weight excluding hydrogens is 282 g/mol. The molecule has 1 atom stereocenters. The van der Waals surface area contributed by atoms with E-state index in [1.165, 1.54) is 0 Å². The predicted octanol–water partition coefficient (Wildman–Crippen LogP) is 1.02. The van der Waals surface area contributed by atoms with Crippen LogP contribution in [0.4, 0.5) is 0 Å². The second kappa shape index (κ2) is 6.18. The molecule has 0 saturated carbocycles. The number of piperidine rings is 1. The van der Waals surface area contributed by atoms with E-state index in [2.05, 4.69) is 0 Å². The fraction of sp³-hybridized carbons (Fsp3) is 0.529. The highest BCUT2D eigenvalue weighted by Crippen LogP contribution is 2.28. The molecule has 5 nitrogen and oxygen atoms in total. The van der Waals surface area contributed by atoms with Crippen LogP contribution in [-0.4, -0.2) is 52.6 Å². The van der Waals surface area contributed by atoms with Crippen molar-refractivity contribution in [2.24, 2.45) is 5.92 Å². The lowest BCUT2D eigenvalue weighted by molar-refractivity contribution is 0.0179. The van der Waals surface area contributed by atoms with Crippen molar-refractivity contribution >= 4 is 11.7 Å². The summed E-state index contributed by atoms with van der Waals surface area (Å²) < 4.78 is 0. The van der Waals surface area contributed by atoms with Gasteiger partial charge in [0.05, 0.1) is 12.7 Å². The van der Waals surface area contributed by atoms with Crippen LogP contribution in [0.3, 0.4) is 0 Å². The molecule has 1 saturated heterocycles. The molecule has 2 N–H and O–H groups in total. The van der Waals surface area contributed by atoms with Crippen molar-refractivity contribution in [2.45, 2.75) is 31.8 Å². The highest BCUT2D eigenvalue weighted by atomic mass is 16.3. The third-order valence-corrected chi connectivity index (χ3v) is 4.87. The molecule has 22 heavy (non-hydrogen) atoms. The molecule has 1 amide bonds. The molecule has 0 radical (unpaired) electrons. The van der Waals surface area contributed by atoms with E-state index in [1.807, 2.05) is 0 Å². The number of fused-ring (bicyclic) bond motifs is 1. The standard InChI is InChI=1S/C17H21NO4/c19-10-16(21)11-6-8-18(9-7-11)17(22)14-3-1-2-13-12(14)4-5-15(13)20/h1-3,11,16,19,21H,4-10H2. The maximum atomic E-state index is 12.7. The highest BCUT2D eigenvalue weighted by Gasteiger charge is 2.30. The average Bonchev–Trinajstić information content (AvgIpc) is 2.95. The van der Waals surface area contributed by atoms with Crippen molar-refractivity contribution in [3.8, 4) is 0 Å². The number of Topliss-reactive ketones (excluding diaryl/α,β-unsaturated/α-hetero) is 1. The van der Waals surface area contributed by atoms with Gasteiger partial charge in [0, 0.05) is 30.6 Å². The number of hydrogen-bond acceptors (Lipinski definition) is 4. The number of benzene rings is 1. The van der Waals surface area contributed by atoms with E-state index in [-0.39, 0.29) is 24.2 Å². The molecule has 2 aliphatic rings. The monoisotopic (exact) mass is 303 g/mol. The van der Waals surface area contributed by atoms with E-state index in [0.29, 0.717) is 49.9 Å². The molecule has 5 heteroatoms. The van der Waals surface area contributed by atoms with Crippen molar-refractivity contribution in [3.05, 3.63) is 34.9 Å². The Labute approximate surface area is 129 Å². The van der Waals surface area contributed by atoms with Gasteiger partial charge in [-0.05, 0) is 36.8 Å². The van der Waals surface area contributed by atoms with Gasteiger partial charge in [-0.3, -0.25) is 9.59 Å². The van der Waals surface area contributed by atoms with E-state index < -0.39 is 6.10 Å². The molecule has 1 unspecified atom stereocenters. The fourth-order valence-corrected chi connectivity index (χ4v) is 3.50. The predicted molar refractivity (Wildman–Crippen MR) is 80.8 cm³/mol. The number of aliphatic hydroxyl groups is 2. The Morgan fingerprint density at radius 2 is 2.00 bits per heavy atom. The van der Waals surface area contributed by atoms with Crippen molar-refractivity contribution in [2.75, 3.05) is 19.7 Å². The first-order valence-corrected chi connectivity index (χ1v) is 7.85. The normalized spacial score (nSPS) is 20.1. The summed E-state index contributed by atoms with van der Waals surface area (Å²) in [4.78, 5) is 26.3. The van der Waals surface area contributed by atoms with Gasteiger partial charge in [0.2, 0.25) is 0 Å². The second-order valence-electron chi connectivity index (χ2n) is 6.13. The van der Waals surface area contributed by atoms with Crippen LogP contribution in [0.5, 0.6) is 0 Å². The van der Waals surface area contributed by atoms with E-state index in [1.54, 1.807) is 23.1 Å². The molecule has 0 bridgehead atoms. The zero-order valence-corrected chi connectivity index (χ0v) is 12.5. The number of nitrogens with zero attached hydrogens (tertiary/aromatic N) is 1. The number of aliphatic hydroxyl groups excluding tert-OH is 2. The van der Waals surface area contributed by atoms with Gasteiger partial charge in [-0.2, -0.15) is 0 Å². The van der Waals surface area contributed by atoms with Gasteiger partial charge in [0.25, 0.3) is 5.91 Å². The number of rotatable bonds is 3. The number of ketones is 1. The van der Waals surface area contributed by atoms with Crippen LogP contribution in [0, 0.1) is 5.92 Å². The summed E-state index contributed by atoms with van der Waals surface area (Å²) >= 11 is 0. The zero-order valence-electron chi connectivity index (χ0n) is 12.5. The lowest BCUT2D eigenvalue weighted by Crippen LogP contribution is -2.42. The number of amides is 1. The van der Waals surface area contributed by atoms with Gasteiger partial charge in [-0.1, -0.05) is 12.1 Å². The average molecular weight is 303 g/mol. The van der Waals surface area contributed by atoms with Crippen LogP contribution >= 0.6 is 0 Å². The third kappa shape index (κ3) is 2.66. The Morgan fingerprint density at radius 3 is 2.68 bits per heavy atom. The largest absolute Gasteiger partial charge is 0.394 e. The van der Waals surface area contributed by atoms with Crippen LogP contribution in [0.15, 0.2) is 18.2 Å². The van der Waals surface area contributed by atoms with E-state index >= 15 is 0 Å². The quantitative estimate of drug-likeness (QED) is 0.874. The molecule has 1 aromatic rings.